The molecule has 0 aromatic carbocycles. The Balaban J connectivity index is 1.77. The number of ketones is 1. The Labute approximate surface area is 237 Å². The molecule has 0 spiro atoms. The van der Waals surface area contributed by atoms with E-state index in [9.17, 15) is 14.7 Å². The number of Topliss-reactive ketones (excluding diaryl/α,β-unsaturated/α-hetero) is 1. The summed E-state index contributed by atoms with van der Waals surface area (Å²) < 4.78 is 5.15. The zero-order valence-electron chi connectivity index (χ0n) is 24.3. The molecule has 1 fully saturated rings. The van der Waals surface area contributed by atoms with Crippen molar-refractivity contribution >= 4 is 47.9 Å². The molecule has 3 aromatic heterocycles. The first-order valence-corrected chi connectivity index (χ1v) is 14.1. The van der Waals surface area contributed by atoms with Crippen LogP contribution in [-0.2, 0) is 16.0 Å². The molecule has 5 N–H and O–H groups in total. The number of nitrogens with one attached hydrogen (secondary N) is 4. The topological polar surface area (TPSA) is 123 Å². The lowest BCUT2D eigenvalue weighted by Gasteiger charge is -2.22. The van der Waals surface area contributed by atoms with Crippen molar-refractivity contribution in [3.05, 3.63) is 78.4 Å². The van der Waals surface area contributed by atoms with Gasteiger partial charge in [-0.15, -0.1) is 0 Å². The molecule has 212 valence electrons. The lowest BCUT2D eigenvalue weighted by Crippen LogP contribution is -2.37. The molecule has 1 saturated heterocycles. The summed E-state index contributed by atoms with van der Waals surface area (Å²) in [6.07, 6.45) is 9.78. The number of carbonyl (C=O) groups excluding carboxylic acids is 2. The maximum absolute atomic E-state index is 13.9. The summed E-state index contributed by atoms with van der Waals surface area (Å²) in [6.45, 7) is 14.4. The minimum atomic E-state index is -1.00. The minimum Gasteiger partial charge on any atom is -0.515 e. The number of esters is 1. The number of carbonyl (C=O) groups is 2. The number of ether oxygens (including phenoxy) is 1. The van der Waals surface area contributed by atoms with E-state index in [4.69, 9.17) is 4.74 Å². The number of hydrogen-bond acceptors (Lipinski definition) is 5. The SMILES string of the molecule is C=Cc1c2[nH]c(c1C)/C=C1\NC(C3=c4[nH]/c(c(C)c4C(=O)[C@@H]3C(=O)OC)=C\c3[nH]c(/c(=C\O)c3CC)=C\2)[C@@H](C)[C@@H]1C. The Morgan fingerprint density at radius 1 is 1.05 bits per heavy atom. The fraction of sp³-hybridized carbons (Fsp3) is 0.333. The summed E-state index contributed by atoms with van der Waals surface area (Å²) in [5, 5.41) is 16.9. The highest BCUT2D eigenvalue weighted by molar-refractivity contribution is 6.19. The molecule has 8 heteroatoms. The maximum Gasteiger partial charge on any atom is 0.320 e. The number of hydrogen-bond donors (Lipinski definition) is 5. The van der Waals surface area contributed by atoms with Gasteiger partial charge in [-0.25, -0.2) is 0 Å². The Kier molecular flexibility index (Phi) is 6.25. The molecule has 6 rings (SSSR count). The van der Waals surface area contributed by atoms with Crippen LogP contribution in [0.15, 0.2) is 12.3 Å². The quantitative estimate of drug-likeness (QED) is 0.252. The molecule has 2 aliphatic heterocycles. The Morgan fingerprint density at radius 3 is 2.44 bits per heavy atom. The lowest BCUT2D eigenvalue weighted by atomic mass is 9.84. The van der Waals surface area contributed by atoms with E-state index < -0.39 is 11.9 Å². The summed E-state index contributed by atoms with van der Waals surface area (Å²) in [5.41, 5.74) is 8.72. The van der Waals surface area contributed by atoms with Gasteiger partial charge in [0.05, 0.1) is 30.1 Å². The highest BCUT2D eigenvalue weighted by Crippen LogP contribution is 2.40. The van der Waals surface area contributed by atoms with Gasteiger partial charge in [0.15, 0.2) is 5.78 Å². The van der Waals surface area contributed by atoms with Gasteiger partial charge in [0.25, 0.3) is 0 Å². The number of allylic oxidation sites excluding steroid dienone is 1. The van der Waals surface area contributed by atoms with Gasteiger partial charge in [0, 0.05) is 50.4 Å². The first-order chi connectivity index (χ1) is 19.6. The molecule has 1 aliphatic carbocycles. The van der Waals surface area contributed by atoms with Crippen LogP contribution >= 0.6 is 0 Å². The second-order valence-electron chi connectivity index (χ2n) is 11.4. The van der Waals surface area contributed by atoms with Gasteiger partial charge >= 0.3 is 5.97 Å². The Hall–Kier alpha value is -4.46. The van der Waals surface area contributed by atoms with Crippen molar-refractivity contribution in [3.8, 4) is 0 Å². The molecule has 3 aromatic rings. The number of fused-ring (bicyclic) bond motifs is 8. The molecule has 0 saturated carbocycles. The van der Waals surface area contributed by atoms with Crippen LogP contribution in [0.25, 0.3) is 36.1 Å². The van der Waals surface area contributed by atoms with Crippen molar-refractivity contribution in [1.29, 1.82) is 0 Å². The van der Waals surface area contributed by atoms with Crippen molar-refractivity contribution in [2.75, 3.05) is 7.11 Å². The second-order valence-corrected chi connectivity index (χ2v) is 11.4. The average Bonchev–Trinajstić information content (AvgIpc) is 3.70. The predicted molar refractivity (Wildman–Crippen MR) is 161 cm³/mol. The monoisotopic (exact) mass is 552 g/mol. The van der Waals surface area contributed by atoms with Gasteiger partial charge in [-0.1, -0.05) is 33.4 Å². The molecule has 4 atom stereocenters. The van der Waals surface area contributed by atoms with E-state index >= 15 is 0 Å². The van der Waals surface area contributed by atoms with Crippen LogP contribution in [-0.4, -0.2) is 45.0 Å². The normalized spacial score (nSPS) is 26.1. The molecule has 8 bridgehead atoms. The lowest BCUT2D eigenvalue weighted by molar-refractivity contribution is -0.141. The fourth-order valence-corrected chi connectivity index (χ4v) is 6.93. The Bertz CT molecular complexity index is 1930. The van der Waals surface area contributed by atoms with E-state index in [0.717, 1.165) is 67.6 Å². The number of rotatable bonds is 3. The van der Waals surface area contributed by atoms with E-state index in [2.05, 4.69) is 53.7 Å². The van der Waals surface area contributed by atoms with E-state index in [-0.39, 0.29) is 23.7 Å². The van der Waals surface area contributed by atoms with Crippen LogP contribution in [0.5, 0.6) is 0 Å². The van der Waals surface area contributed by atoms with Gasteiger partial charge < -0.3 is 30.1 Å². The number of methoxy groups -OCH3 is 1. The third kappa shape index (κ3) is 3.73. The molecule has 3 aliphatic rings. The van der Waals surface area contributed by atoms with Crippen LogP contribution in [0.2, 0.25) is 0 Å². The smallest absolute Gasteiger partial charge is 0.320 e. The third-order valence-corrected chi connectivity index (χ3v) is 9.44. The molecule has 0 amide bonds. The third-order valence-electron chi connectivity index (χ3n) is 9.44. The van der Waals surface area contributed by atoms with E-state index in [1.807, 2.05) is 32.1 Å². The average molecular weight is 553 g/mol. The largest absolute Gasteiger partial charge is 0.515 e. The second kappa shape index (κ2) is 9.58. The number of aromatic amines is 3. The van der Waals surface area contributed by atoms with E-state index in [1.165, 1.54) is 7.11 Å². The standard InChI is InChI=1S/C33H36N4O4/c1-8-18-16(5)22-10-21-14(3)15(4)30(36-21)28-29(33(40)41-7)32(39)27-17(6)23(37-31(27)28)11-25-19(9-2)20(13-38)26(35-25)12-24(18)34-22/h8,10-15,29-30,34-38H,1,9H2,2-7H3/b20-13-,21-10-,23-11-,26-12-/t14-,15-,29+,30?/m0/s1. The van der Waals surface area contributed by atoms with Crippen LogP contribution < -0.4 is 26.6 Å². The first kappa shape index (κ1) is 26.7. The van der Waals surface area contributed by atoms with Gasteiger partial charge in [-0.2, -0.15) is 0 Å². The summed E-state index contributed by atoms with van der Waals surface area (Å²) in [7, 11) is 1.33. The summed E-state index contributed by atoms with van der Waals surface area (Å²) in [4.78, 5) is 37.5. The first-order valence-electron chi connectivity index (χ1n) is 14.1. The van der Waals surface area contributed by atoms with Crippen molar-refractivity contribution in [2.24, 2.45) is 17.8 Å². The molecule has 1 unspecified atom stereocenters. The number of aliphatic hydroxyl groups excluding tert-OH is 1. The zero-order chi connectivity index (χ0) is 29.3. The van der Waals surface area contributed by atoms with Crippen LogP contribution in [0.4, 0.5) is 0 Å². The minimum absolute atomic E-state index is 0.105. The van der Waals surface area contributed by atoms with Crippen molar-refractivity contribution in [3.63, 3.8) is 0 Å². The number of aliphatic hydroxyl groups is 1. The molecule has 5 heterocycles. The molecular formula is C33H36N4O4. The number of aromatic nitrogens is 3. The van der Waals surface area contributed by atoms with Gasteiger partial charge in [-0.05, 0) is 66.7 Å². The zero-order valence-corrected chi connectivity index (χ0v) is 24.3. The van der Waals surface area contributed by atoms with Crippen LogP contribution in [0.3, 0.4) is 0 Å². The summed E-state index contributed by atoms with van der Waals surface area (Å²) >= 11 is 0. The van der Waals surface area contributed by atoms with Crippen LogP contribution in [0, 0.1) is 31.6 Å². The molecular weight excluding hydrogens is 516 g/mol. The van der Waals surface area contributed by atoms with Crippen molar-refractivity contribution in [2.45, 2.75) is 47.1 Å². The predicted octanol–water partition coefficient (Wildman–Crippen LogP) is 2.18. The van der Waals surface area contributed by atoms with E-state index in [0.29, 0.717) is 22.6 Å². The van der Waals surface area contributed by atoms with Gasteiger partial charge in [0.2, 0.25) is 0 Å². The Morgan fingerprint density at radius 2 is 1.78 bits per heavy atom. The number of H-pyrrole nitrogens is 3. The van der Waals surface area contributed by atoms with Crippen molar-refractivity contribution in [1.82, 2.24) is 20.3 Å². The molecule has 8 nitrogen and oxygen atoms in total. The highest BCUT2D eigenvalue weighted by Gasteiger charge is 2.48. The van der Waals surface area contributed by atoms with E-state index in [1.54, 1.807) is 0 Å². The maximum atomic E-state index is 13.9. The highest BCUT2D eigenvalue weighted by atomic mass is 16.5. The van der Waals surface area contributed by atoms with Crippen LogP contribution in [0.1, 0.15) is 70.5 Å². The molecule has 0 radical (unpaired) electrons. The summed E-state index contributed by atoms with van der Waals surface area (Å²) in [5.74, 6) is -1.54. The van der Waals surface area contributed by atoms with Crippen molar-refractivity contribution < 1.29 is 19.4 Å². The summed E-state index contributed by atoms with van der Waals surface area (Å²) in [6, 6.07) is -0.247. The molecule has 41 heavy (non-hydrogen) atoms. The fourth-order valence-electron chi connectivity index (χ4n) is 6.93. The van der Waals surface area contributed by atoms with Gasteiger partial charge in [0.1, 0.15) is 5.92 Å². The van der Waals surface area contributed by atoms with Gasteiger partial charge in [-0.3, -0.25) is 9.59 Å².